The summed E-state index contributed by atoms with van der Waals surface area (Å²) in [4.78, 5) is 14.9. The highest BCUT2D eigenvalue weighted by Gasteiger charge is 2.29. The predicted molar refractivity (Wildman–Crippen MR) is 92.8 cm³/mol. The quantitative estimate of drug-likeness (QED) is 0.734. The highest BCUT2D eigenvalue weighted by Crippen LogP contribution is 2.24. The van der Waals surface area contributed by atoms with Gasteiger partial charge in [0, 0.05) is 30.6 Å². The number of benzene rings is 1. The summed E-state index contributed by atoms with van der Waals surface area (Å²) in [5.41, 5.74) is 1.28. The molecule has 1 saturated heterocycles. The Labute approximate surface area is 146 Å². The first kappa shape index (κ1) is 15.6. The third kappa shape index (κ3) is 3.33. The summed E-state index contributed by atoms with van der Waals surface area (Å²) >= 11 is 0. The number of aromatic nitrogens is 3. The van der Waals surface area contributed by atoms with Crippen LogP contribution in [0.1, 0.15) is 29.8 Å². The van der Waals surface area contributed by atoms with E-state index in [1.165, 1.54) is 0 Å². The molecule has 1 amide bonds. The lowest BCUT2D eigenvalue weighted by atomic mass is 10.0. The van der Waals surface area contributed by atoms with Crippen molar-refractivity contribution in [3.8, 4) is 11.3 Å². The van der Waals surface area contributed by atoms with E-state index >= 15 is 0 Å². The molecule has 0 saturated carbocycles. The van der Waals surface area contributed by atoms with Gasteiger partial charge in [-0.15, -0.1) is 0 Å². The van der Waals surface area contributed by atoms with E-state index in [0.717, 1.165) is 31.4 Å². The molecule has 0 bridgehead atoms. The molecule has 2 aromatic heterocycles. The molecule has 1 fully saturated rings. The molecule has 3 heterocycles. The van der Waals surface area contributed by atoms with Gasteiger partial charge >= 0.3 is 0 Å². The largest absolute Gasteiger partial charge is 0.355 e. The predicted octanol–water partition coefficient (Wildman–Crippen LogP) is 3.23. The van der Waals surface area contributed by atoms with Gasteiger partial charge in [0.1, 0.15) is 0 Å². The smallest absolute Gasteiger partial charge is 0.276 e. The minimum atomic E-state index is -0.0669. The molecule has 0 radical (unpaired) electrons. The van der Waals surface area contributed by atoms with Crippen LogP contribution in [0.5, 0.6) is 0 Å². The van der Waals surface area contributed by atoms with Crippen molar-refractivity contribution in [3.05, 3.63) is 60.6 Å². The van der Waals surface area contributed by atoms with Crippen LogP contribution in [0.2, 0.25) is 0 Å². The van der Waals surface area contributed by atoms with E-state index in [-0.39, 0.29) is 11.9 Å². The van der Waals surface area contributed by atoms with Gasteiger partial charge in [-0.1, -0.05) is 35.5 Å². The van der Waals surface area contributed by atoms with Crippen molar-refractivity contribution in [1.29, 1.82) is 0 Å². The van der Waals surface area contributed by atoms with Gasteiger partial charge in [-0.05, 0) is 25.3 Å². The van der Waals surface area contributed by atoms with Crippen LogP contribution < -0.4 is 0 Å². The average Bonchev–Trinajstić information content (AvgIpc) is 3.34. The first-order chi connectivity index (χ1) is 12.3. The maximum Gasteiger partial charge on any atom is 0.276 e. The van der Waals surface area contributed by atoms with Crippen molar-refractivity contribution in [2.24, 2.45) is 0 Å². The lowest BCUT2D eigenvalue weighted by Crippen LogP contribution is -2.46. The molecular weight excluding hydrogens is 316 g/mol. The molecule has 0 N–H and O–H groups in total. The summed E-state index contributed by atoms with van der Waals surface area (Å²) in [6.07, 6.45) is 6.82. The Morgan fingerprint density at radius 3 is 2.88 bits per heavy atom. The third-order valence-corrected chi connectivity index (χ3v) is 4.63. The normalized spacial score (nSPS) is 17.6. The number of hydrogen-bond acceptors (Lipinski definition) is 4. The van der Waals surface area contributed by atoms with E-state index in [9.17, 15) is 4.79 Å². The average molecular weight is 336 g/mol. The number of carbonyl (C=O) groups excluding carboxylic acids is 1. The van der Waals surface area contributed by atoms with Crippen molar-refractivity contribution in [3.63, 3.8) is 0 Å². The number of amides is 1. The first-order valence-electron chi connectivity index (χ1n) is 8.62. The van der Waals surface area contributed by atoms with Crippen LogP contribution in [0.25, 0.3) is 11.3 Å². The molecule has 128 valence electrons. The Balaban J connectivity index is 1.53. The Hall–Kier alpha value is -2.89. The molecule has 0 spiro atoms. The molecule has 0 aliphatic carbocycles. The molecule has 6 heteroatoms. The molecule has 3 aromatic rings. The first-order valence-corrected chi connectivity index (χ1v) is 8.62. The van der Waals surface area contributed by atoms with Crippen molar-refractivity contribution in [2.75, 3.05) is 6.54 Å². The Kier molecular flexibility index (Phi) is 4.33. The SMILES string of the molecule is O=C(c1cc(-c2ccccc2)on1)N1CCCC[C@H]1Cn1cccn1. The van der Waals surface area contributed by atoms with Crippen LogP contribution in [-0.4, -0.2) is 38.3 Å². The molecular formula is C19H20N4O2. The van der Waals surface area contributed by atoms with E-state index in [0.29, 0.717) is 18.0 Å². The number of carbonyl (C=O) groups is 1. The number of rotatable bonds is 4. The van der Waals surface area contributed by atoms with Gasteiger partial charge < -0.3 is 9.42 Å². The number of piperidine rings is 1. The van der Waals surface area contributed by atoms with Gasteiger partial charge in [0.15, 0.2) is 11.5 Å². The van der Waals surface area contributed by atoms with Gasteiger partial charge in [-0.2, -0.15) is 5.10 Å². The minimum Gasteiger partial charge on any atom is -0.355 e. The van der Waals surface area contributed by atoms with E-state index in [1.54, 1.807) is 12.3 Å². The summed E-state index contributed by atoms with van der Waals surface area (Å²) in [5.74, 6) is 0.548. The maximum absolute atomic E-state index is 13.0. The van der Waals surface area contributed by atoms with E-state index in [2.05, 4.69) is 10.3 Å². The Morgan fingerprint density at radius 2 is 2.08 bits per heavy atom. The molecule has 1 atom stereocenters. The molecule has 4 rings (SSSR count). The van der Waals surface area contributed by atoms with Crippen LogP contribution in [0.3, 0.4) is 0 Å². The molecule has 1 aromatic carbocycles. The second kappa shape index (κ2) is 6.93. The lowest BCUT2D eigenvalue weighted by Gasteiger charge is -2.35. The zero-order valence-corrected chi connectivity index (χ0v) is 13.9. The monoisotopic (exact) mass is 336 g/mol. The second-order valence-electron chi connectivity index (χ2n) is 6.32. The van der Waals surface area contributed by atoms with Crippen molar-refractivity contribution in [2.45, 2.75) is 31.8 Å². The van der Waals surface area contributed by atoms with Crippen LogP contribution in [0.4, 0.5) is 0 Å². The van der Waals surface area contributed by atoms with Crippen molar-refractivity contribution < 1.29 is 9.32 Å². The summed E-state index contributed by atoms with van der Waals surface area (Å²) in [7, 11) is 0. The minimum absolute atomic E-state index is 0.0669. The number of likely N-dealkylation sites (tertiary alicyclic amines) is 1. The van der Waals surface area contributed by atoms with Gasteiger partial charge in [0.25, 0.3) is 5.91 Å². The fourth-order valence-electron chi connectivity index (χ4n) is 3.34. The fourth-order valence-corrected chi connectivity index (χ4v) is 3.34. The van der Waals surface area contributed by atoms with Crippen LogP contribution in [0.15, 0.2) is 59.4 Å². The van der Waals surface area contributed by atoms with E-state index in [1.807, 2.05) is 52.2 Å². The van der Waals surface area contributed by atoms with Crippen LogP contribution in [-0.2, 0) is 6.54 Å². The zero-order chi connectivity index (χ0) is 17.1. The number of nitrogens with zero attached hydrogens (tertiary/aromatic N) is 4. The van der Waals surface area contributed by atoms with E-state index in [4.69, 9.17) is 4.52 Å². The summed E-state index contributed by atoms with van der Waals surface area (Å²) in [6.45, 7) is 1.46. The van der Waals surface area contributed by atoms with Crippen molar-refractivity contribution in [1.82, 2.24) is 19.8 Å². The van der Waals surface area contributed by atoms with Gasteiger partial charge in [0.2, 0.25) is 0 Å². The lowest BCUT2D eigenvalue weighted by molar-refractivity contribution is 0.0573. The summed E-state index contributed by atoms with van der Waals surface area (Å²) < 4.78 is 7.27. The van der Waals surface area contributed by atoms with Gasteiger partial charge in [-0.25, -0.2) is 0 Å². The maximum atomic E-state index is 13.0. The topological polar surface area (TPSA) is 64.2 Å². The highest BCUT2D eigenvalue weighted by atomic mass is 16.5. The molecule has 1 aliphatic heterocycles. The highest BCUT2D eigenvalue weighted by molar-refractivity contribution is 5.93. The Morgan fingerprint density at radius 1 is 1.20 bits per heavy atom. The van der Waals surface area contributed by atoms with Gasteiger partial charge in [-0.3, -0.25) is 9.48 Å². The molecule has 25 heavy (non-hydrogen) atoms. The van der Waals surface area contributed by atoms with Crippen molar-refractivity contribution >= 4 is 5.91 Å². The summed E-state index contributed by atoms with van der Waals surface area (Å²) in [5, 5.41) is 8.28. The van der Waals surface area contributed by atoms with Crippen LogP contribution in [0, 0.1) is 0 Å². The summed E-state index contributed by atoms with van der Waals surface area (Å²) in [6, 6.07) is 13.5. The Bertz CT molecular complexity index is 826. The molecule has 0 unspecified atom stereocenters. The van der Waals surface area contributed by atoms with E-state index < -0.39 is 0 Å². The molecule has 1 aliphatic rings. The van der Waals surface area contributed by atoms with Gasteiger partial charge in [0.05, 0.1) is 12.6 Å². The zero-order valence-electron chi connectivity index (χ0n) is 13.9. The number of hydrogen-bond donors (Lipinski definition) is 0. The molecule has 6 nitrogen and oxygen atoms in total. The second-order valence-corrected chi connectivity index (χ2v) is 6.32. The van der Waals surface area contributed by atoms with Crippen LogP contribution >= 0.6 is 0 Å². The third-order valence-electron chi connectivity index (χ3n) is 4.63. The standard InChI is InChI=1S/C19H20N4O2/c24-19(17-13-18(25-21-17)15-7-2-1-3-8-15)23-12-5-4-9-16(23)14-22-11-6-10-20-22/h1-3,6-8,10-11,13,16H,4-5,9,12,14H2/t16-/m0/s1. The fraction of sp³-hybridized carbons (Fsp3) is 0.316.